The number of morpholine rings is 1. The first-order valence-corrected chi connectivity index (χ1v) is 9.89. The Hall–Kier alpha value is -3.45. The average molecular weight is 405 g/mol. The standard InChI is InChI=1S/C23H23N3O4/c1-14-12-26(13-15(2)30-14)23(29)18-9-5-6-10-19(18)24-22(28)20-11-16-7-3-4-8-17(16)21(27)25-20/h3-11,14-15H,12-13H2,1-2H3,(H,24,28)(H,25,27)/t14-,15-/m1/s1. The first-order chi connectivity index (χ1) is 14.4. The van der Waals surface area contributed by atoms with Gasteiger partial charge < -0.3 is 19.9 Å². The number of hydrogen-bond acceptors (Lipinski definition) is 4. The smallest absolute Gasteiger partial charge is 0.272 e. The molecule has 0 radical (unpaired) electrons. The highest BCUT2D eigenvalue weighted by molar-refractivity contribution is 6.09. The lowest BCUT2D eigenvalue weighted by molar-refractivity contribution is -0.0585. The molecule has 2 N–H and O–H groups in total. The zero-order valence-corrected chi connectivity index (χ0v) is 16.8. The fraction of sp³-hybridized carbons (Fsp3) is 0.261. The minimum absolute atomic E-state index is 0.0536. The van der Waals surface area contributed by atoms with Crippen molar-refractivity contribution in [3.63, 3.8) is 0 Å². The summed E-state index contributed by atoms with van der Waals surface area (Å²) < 4.78 is 5.70. The van der Waals surface area contributed by atoms with Gasteiger partial charge in [0, 0.05) is 18.5 Å². The second-order valence-electron chi connectivity index (χ2n) is 7.57. The van der Waals surface area contributed by atoms with Gasteiger partial charge in [0.2, 0.25) is 0 Å². The molecule has 2 aromatic carbocycles. The SMILES string of the molecule is C[C@@H]1CN(C(=O)c2ccccc2NC(=O)c2cc3ccccc3c(=O)[nH]2)C[C@@H](C)O1. The van der Waals surface area contributed by atoms with Crippen LogP contribution in [0.25, 0.3) is 10.8 Å². The summed E-state index contributed by atoms with van der Waals surface area (Å²) in [6.45, 7) is 4.84. The van der Waals surface area contributed by atoms with E-state index in [2.05, 4.69) is 10.3 Å². The van der Waals surface area contributed by atoms with E-state index in [0.717, 1.165) is 0 Å². The number of aromatic nitrogens is 1. The van der Waals surface area contributed by atoms with Crippen molar-refractivity contribution in [3.8, 4) is 0 Å². The maximum Gasteiger partial charge on any atom is 0.272 e. The molecular weight excluding hydrogens is 382 g/mol. The van der Waals surface area contributed by atoms with Gasteiger partial charge >= 0.3 is 0 Å². The van der Waals surface area contributed by atoms with Crippen LogP contribution in [0, 0.1) is 0 Å². The van der Waals surface area contributed by atoms with Crippen molar-refractivity contribution < 1.29 is 14.3 Å². The number of benzene rings is 2. The normalized spacial score (nSPS) is 18.9. The molecule has 0 aliphatic carbocycles. The van der Waals surface area contributed by atoms with E-state index in [1.807, 2.05) is 19.9 Å². The lowest BCUT2D eigenvalue weighted by Gasteiger charge is -2.35. The van der Waals surface area contributed by atoms with Crippen LogP contribution >= 0.6 is 0 Å². The summed E-state index contributed by atoms with van der Waals surface area (Å²) in [6, 6.07) is 15.6. The van der Waals surface area contributed by atoms with Gasteiger partial charge in [0.15, 0.2) is 0 Å². The summed E-state index contributed by atoms with van der Waals surface area (Å²) in [5.41, 5.74) is 0.595. The number of ether oxygens (including phenoxy) is 1. The van der Waals surface area contributed by atoms with Crippen molar-refractivity contribution in [2.24, 2.45) is 0 Å². The summed E-state index contributed by atoms with van der Waals surface area (Å²) in [5.74, 6) is -0.651. The van der Waals surface area contributed by atoms with Gasteiger partial charge in [-0.1, -0.05) is 30.3 Å². The van der Waals surface area contributed by atoms with E-state index in [-0.39, 0.29) is 29.4 Å². The predicted molar refractivity (Wildman–Crippen MR) is 115 cm³/mol. The van der Waals surface area contributed by atoms with Crippen LogP contribution in [-0.2, 0) is 4.74 Å². The van der Waals surface area contributed by atoms with Crippen LogP contribution in [0.2, 0.25) is 0 Å². The third kappa shape index (κ3) is 3.97. The molecule has 0 unspecified atom stereocenters. The van der Waals surface area contributed by atoms with E-state index < -0.39 is 5.91 Å². The molecule has 3 aromatic rings. The van der Waals surface area contributed by atoms with Crippen molar-refractivity contribution in [1.82, 2.24) is 9.88 Å². The molecule has 7 nitrogen and oxygen atoms in total. The van der Waals surface area contributed by atoms with Crippen molar-refractivity contribution >= 4 is 28.3 Å². The van der Waals surface area contributed by atoms with Gasteiger partial charge in [-0.15, -0.1) is 0 Å². The van der Waals surface area contributed by atoms with Crippen LogP contribution in [0.4, 0.5) is 5.69 Å². The molecule has 0 spiro atoms. The number of hydrogen-bond donors (Lipinski definition) is 2. The summed E-state index contributed by atoms with van der Waals surface area (Å²) in [7, 11) is 0. The van der Waals surface area contributed by atoms with Gasteiger partial charge in [-0.05, 0) is 43.5 Å². The zero-order chi connectivity index (χ0) is 21.3. The maximum atomic E-state index is 13.1. The van der Waals surface area contributed by atoms with E-state index in [4.69, 9.17) is 4.74 Å². The van der Waals surface area contributed by atoms with Crippen LogP contribution < -0.4 is 10.9 Å². The Morgan fingerprint density at radius 1 is 1.03 bits per heavy atom. The number of pyridine rings is 1. The number of fused-ring (bicyclic) bond motifs is 1. The number of nitrogens with one attached hydrogen (secondary N) is 2. The molecule has 4 rings (SSSR count). The summed E-state index contributed by atoms with van der Waals surface area (Å²) >= 11 is 0. The van der Waals surface area contributed by atoms with Crippen molar-refractivity contribution in [2.45, 2.75) is 26.1 Å². The molecule has 1 fully saturated rings. The summed E-state index contributed by atoms with van der Waals surface area (Å²) in [6.07, 6.45) is -0.107. The fourth-order valence-corrected chi connectivity index (χ4v) is 3.82. The first-order valence-electron chi connectivity index (χ1n) is 9.89. The molecule has 2 amide bonds. The van der Waals surface area contributed by atoms with E-state index >= 15 is 0 Å². The minimum atomic E-state index is -0.484. The third-order valence-electron chi connectivity index (χ3n) is 5.11. The number of carbonyl (C=O) groups excluding carboxylic acids is 2. The lowest BCUT2D eigenvalue weighted by Crippen LogP contribution is -2.48. The third-order valence-corrected chi connectivity index (χ3v) is 5.11. The topological polar surface area (TPSA) is 91.5 Å². The maximum absolute atomic E-state index is 13.1. The Bertz CT molecular complexity index is 1160. The Kier molecular flexibility index (Phi) is 5.37. The van der Waals surface area contributed by atoms with Crippen LogP contribution in [0.3, 0.4) is 0 Å². The molecule has 2 atom stereocenters. The van der Waals surface area contributed by atoms with Gasteiger partial charge in [0.25, 0.3) is 17.4 Å². The Morgan fingerprint density at radius 2 is 1.70 bits per heavy atom. The molecule has 1 saturated heterocycles. The predicted octanol–water partition coefficient (Wildman–Crippen LogP) is 3.03. The number of H-pyrrole nitrogens is 1. The number of amides is 2. The monoisotopic (exact) mass is 405 g/mol. The second-order valence-corrected chi connectivity index (χ2v) is 7.57. The largest absolute Gasteiger partial charge is 0.372 e. The van der Waals surface area contributed by atoms with Gasteiger partial charge in [-0.25, -0.2) is 0 Å². The highest BCUT2D eigenvalue weighted by Crippen LogP contribution is 2.21. The summed E-state index contributed by atoms with van der Waals surface area (Å²) in [5, 5.41) is 3.96. The number of anilines is 1. The first kappa shape index (κ1) is 19.8. The number of nitrogens with zero attached hydrogens (tertiary/aromatic N) is 1. The molecule has 7 heteroatoms. The molecule has 2 heterocycles. The molecule has 1 aromatic heterocycles. The van der Waals surface area contributed by atoms with Gasteiger partial charge in [0.05, 0.1) is 23.5 Å². The molecular formula is C23H23N3O4. The van der Waals surface area contributed by atoms with Crippen LogP contribution in [0.5, 0.6) is 0 Å². The van der Waals surface area contributed by atoms with Crippen molar-refractivity contribution in [2.75, 3.05) is 18.4 Å². The Morgan fingerprint density at radius 3 is 2.47 bits per heavy atom. The molecule has 0 saturated carbocycles. The number of para-hydroxylation sites is 1. The van der Waals surface area contributed by atoms with Crippen molar-refractivity contribution in [1.29, 1.82) is 0 Å². The quantitative estimate of drug-likeness (QED) is 0.701. The van der Waals surface area contributed by atoms with Gasteiger partial charge in [0.1, 0.15) is 5.69 Å². The minimum Gasteiger partial charge on any atom is -0.372 e. The van der Waals surface area contributed by atoms with Crippen LogP contribution in [0.1, 0.15) is 34.7 Å². The van der Waals surface area contributed by atoms with Crippen LogP contribution in [0.15, 0.2) is 59.4 Å². The van der Waals surface area contributed by atoms with Gasteiger partial charge in [-0.2, -0.15) is 0 Å². The molecule has 154 valence electrons. The number of carbonyl (C=O) groups is 2. The van der Waals surface area contributed by atoms with Crippen LogP contribution in [-0.4, -0.2) is 47.0 Å². The molecule has 1 aliphatic heterocycles. The average Bonchev–Trinajstić information content (AvgIpc) is 2.73. The van der Waals surface area contributed by atoms with E-state index in [1.54, 1.807) is 53.4 Å². The van der Waals surface area contributed by atoms with Gasteiger partial charge in [-0.3, -0.25) is 14.4 Å². The molecule has 30 heavy (non-hydrogen) atoms. The highest BCUT2D eigenvalue weighted by Gasteiger charge is 2.28. The molecule has 0 bridgehead atoms. The fourth-order valence-electron chi connectivity index (χ4n) is 3.82. The van der Waals surface area contributed by atoms with E-state index in [0.29, 0.717) is 35.1 Å². The Labute approximate surface area is 173 Å². The second kappa shape index (κ2) is 8.12. The lowest BCUT2D eigenvalue weighted by atomic mass is 10.1. The van der Waals surface area contributed by atoms with Crippen molar-refractivity contribution in [3.05, 3.63) is 76.2 Å². The number of aromatic amines is 1. The highest BCUT2D eigenvalue weighted by atomic mass is 16.5. The summed E-state index contributed by atoms with van der Waals surface area (Å²) in [4.78, 5) is 42.6. The molecule has 1 aliphatic rings. The van der Waals surface area contributed by atoms with E-state index in [9.17, 15) is 14.4 Å². The van der Waals surface area contributed by atoms with E-state index in [1.165, 1.54) is 0 Å². The number of rotatable bonds is 3. The Balaban J connectivity index is 1.61. The zero-order valence-electron chi connectivity index (χ0n) is 16.8.